The van der Waals surface area contributed by atoms with E-state index in [0.29, 0.717) is 39.5 Å². The van der Waals surface area contributed by atoms with Crippen LogP contribution in [0.15, 0.2) is 5.10 Å². The van der Waals surface area contributed by atoms with Crippen molar-refractivity contribution in [2.24, 2.45) is 16.9 Å². The smallest absolute Gasteiger partial charge is 0.255 e. The van der Waals surface area contributed by atoms with E-state index < -0.39 is 5.92 Å². The minimum absolute atomic E-state index is 0.0459. The van der Waals surface area contributed by atoms with Crippen molar-refractivity contribution in [3.8, 4) is 0 Å². The van der Waals surface area contributed by atoms with Gasteiger partial charge in [0.15, 0.2) is 6.29 Å². The van der Waals surface area contributed by atoms with Crippen molar-refractivity contribution in [2.45, 2.75) is 51.2 Å². The van der Waals surface area contributed by atoms with Crippen LogP contribution in [0.5, 0.6) is 0 Å². The number of hydrogen-bond acceptors (Lipinski definition) is 6. The van der Waals surface area contributed by atoms with Crippen LogP contribution in [0.3, 0.4) is 0 Å². The fourth-order valence-corrected chi connectivity index (χ4v) is 4.57. The molecule has 28 heavy (non-hydrogen) atoms. The number of morpholine rings is 1. The normalized spacial score (nSPS) is 31.4. The number of fused-ring (bicyclic) bond motifs is 1. The molecule has 3 unspecified atom stereocenters. The molecule has 8 heteroatoms. The third-order valence-electron chi connectivity index (χ3n) is 6.13. The van der Waals surface area contributed by atoms with Gasteiger partial charge in [-0.2, -0.15) is 5.10 Å². The molecule has 0 aromatic heterocycles. The van der Waals surface area contributed by atoms with Crippen LogP contribution < -0.4 is 0 Å². The lowest BCUT2D eigenvalue weighted by molar-refractivity contribution is -0.168. The lowest BCUT2D eigenvalue weighted by atomic mass is 9.76. The highest BCUT2D eigenvalue weighted by Gasteiger charge is 2.46. The van der Waals surface area contributed by atoms with E-state index in [9.17, 15) is 9.59 Å². The van der Waals surface area contributed by atoms with Gasteiger partial charge >= 0.3 is 0 Å². The van der Waals surface area contributed by atoms with E-state index in [-0.39, 0.29) is 24.0 Å². The summed E-state index contributed by atoms with van der Waals surface area (Å²) in [5.41, 5.74) is 1.01. The summed E-state index contributed by atoms with van der Waals surface area (Å²) >= 11 is 0. The van der Waals surface area contributed by atoms with Crippen molar-refractivity contribution >= 4 is 17.5 Å². The molecule has 156 valence electrons. The Bertz CT molecular complexity index is 599. The molecule has 2 amide bonds. The number of amides is 2. The fraction of sp³-hybridized carbons (Fsp3) is 0.850. The Morgan fingerprint density at radius 3 is 2.71 bits per heavy atom. The van der Waals surface area contributed by atoms with E-state index in [1.54, 1.807) is 4.90 Å². The molecule has 3 aliphatic heterocycles. The first-order chi connectivity index (χ1) is 13.7. The standard InChI is InChI=1S/C20H31N3O5/c24-19(22-8-12-26-13-9-22)18-15-5-1-2-6-16(15)21-23(20(18)25)10-14-28-17-7-3-4-11-27-17/h15,17-18H,1-14H2. The SMILES string of the molecule is O=C(C1C(=O)N(CCOC2CCCCO2)N=C2CCCCC21)N1CCOCC1. The van der Waals surface area contributed by atoms with Crippen LogP contribution in [-0.2, 0) is 23.8 Å². The lowest BCUT2D eigenvalue weighted by Crippen LogP contribution is -2.55. The predicted octanol–water partition coefficient (Wildman–Crippen LogP) is 1.39. The largest absolute Gasteiger partial charge is 0.378 e. The zero-order chi connectivity index (χ0) is 19.3. The van der Waals surface area contributed by atoms with Gasteiger partial charge in [-0.3, -0.25) is 9.59 Å². The van der Waals surface area contributed by atoms with Gasteiger partial charge in [0.1, 0.15) is 5.92 Å². The molecule has 0 spiro atoms. The summed E-state index contributed by atoms with van der Waals surface area (Å²) in [5, 5.41) is 6.10. The van der Waals surface area contributed by atoms with Crippen LogP contribution in [-0.4, -0.2) is 79.8 Å². The van der Waals surface area contributed by atoms with Crippen LogP contribution in [0.4, 0.5) is 0 Å². The molecule has 4 rings (SSSR count). The Hall–Kier alpha value is -1.51. The van der Waals surface area contributed by atoms with Gasteiger partial charge in [0, 0.05) is 31.3 Å². The Labute approximate surface area is 166 Å². The first-order valence-electron chi connectivity index (χ1n) is 10.7. The van der Waals surface area contributed by atoms with Gasteiger partial charge in [-0.25, -0.2) is 5.01 Å². The van der Waals surface area contributed by atoms with E-state index in [1.807, 2.05) is 0 Å². The number of hydrazone groups is 1. The summed E-state index contributed by atoms with van der Waals surface area (Å²) in [6, 6.07) is 0. The van der Waals surface area contributed by atoms with Gasteiger partial charge < -0.3 is 19.1 Å². The number of carbonyl (C=O) groups is 2. The minimum atomic E-state index is -0.642. The number of carbonyl (C=O) groups excluding carboxylic acids is 2. The molecule has 0 aromatic rings. The van der Waals surface area contributed by atoms with Gasteiger partial charge in [0.25, 0.3) is 5.91 Å². The summed E-state index contributed by atoms with van der Waals surface area (Å²) in [4.78, 5) is 28.2. The van der Waals surface area contributed by atoms with Gasteiger partial charge in [-0.15, -0.1) is 0 Å². The van der Waals surface area contributed by atoms with E-state index in [0.717, 1.165) is 57.3 Å². The monoisotopic (exact) mass is 393 g/mol. The molecule has 3 heterocycles. The molecule has 8 nitrogen and oxygen atoms in total. The first kappa shape index (κ1) is 19.8. The zero-order valence-electron chi connectivity index (χ0n) is 16.5. The second-order valence-electron chi connectivity index (χ2n) is 7.99. The van der Waals surface area contributed by atoms with Gasteiger partial charge in [-0.1, -0.05) is 6.42 Å². The van der Waals surface area contributed by atoms with Gasteiger partial charge in [-0.05, 0) is 38.5 Å². The van der Waals surface area contributed by atoms with Crippen LogP contribution in [0.2, 0.25) is 0 Å². The average molecular weight is 393 g/mol. The van der Waals surface area contributed by atoms with E-state index >= 15 is 0 Å². The summed E-state index contributed by atoms with van der Waals surface area (Å²) in [7, 11) is 0. The number of nitrogens with zero attached hydrogens (tertiary/aromatic N) is 3. The second-order valence-corrected chi connectivity index (χ2v) is 7.99. The molecule has 1 saturated carbocycles. The Morgan fingerprint density at radius 1 is 1.11 bits per heavy atom. The van der Waals surface area contributed by atoms with Crippen molar-refractivity contribution in [3.63, 3.8) is 0 Å². The number of ether oxygens (including phenoxy) is 3. The van der Waals surface area contributed by atoms with E-state index in [4.69, 9.17) is 14.2 Å². The van der Waals surface area contributed by atoms with Crippen molar-refractivity contribution in [1.29, 1.82) is 0 Å². The molecule has 4 aliphatic rings. The maximum absolute atomic E-state index is 13.2. The van der Waals surface area contributed by atoms with E-state index in [2.05, 4.69) is 5.10 Å². The molecule has 1 aliphatic carbocycles. The Morgan fingerprint density at radius 2 is 1.93 bits per heavy atom. The maximum atomic E-state index is 13.2. The van der Waals surface area contributed by atoms with Gasteiger partial charge in [0.2, 0.25) is 5.91 Å². The molecule has 0 N–H and O–H groups in total. The number of rotatable bonds is 5. The predicted molar refractivity (Wildman–Crippen MR) is 102 cm³/mol. The molecule has 0 radical (unpaired) electrons. The highest BCUT2D eigenvalue weighted by Crippen LogP contribution is 2.34. The molecular weight excluding hydrogens is 362 g/mol. The first-order valence-corrected chi connectivity index (χ1v) is 10.7. The highest BCUT2D eigenvalue weighted by molar-refractivity contribution is 6.08. The van der Waals surface area contributed by atoms with Crippen molar-refractivity contribution in [2.75, 3.05) is 46.1 Å². The maximum Gasteiger partial charge on any atom is 0.255 e. The summed E-state index contributed by atoms with van der Waals surface area (Å²) < 4.78 is 16.7. The number of hydrogen-bond donors (Lipinski definition) is 0. The Kier molecular flexibility index (Phi) is 6.59. The van der Waals surface area contributed by atoms with Crippen molar-refractivity contribution in [3.05, 3.63) is 0 Å². The van der Waals surface area contributed by atoms with Gasteiger partial charge in [0.05, 0.1) is 26.4 Å². The second kappa shape index (κ2) is 9.33. The minimum Gasteiger partial charge on any atom is -0.378 e. The molecule has 2 saturated heterocycles. The molecule has 0 bridgehead atoms. The van der Waals surface area contributed by atoms with Crippen molar-refractivity contribution in [1.82, 2.24) is 9.91 Å². The van der Waals surface area contributed by atoms with Crippen molar-refractivity contribution < 1.29 is 23.8 Å². The molecular formula is C20H31N3O5. The lowest BCUT2D eigenvalue weighted by Gasteiger charge is -2.40. The summed E-state index contributed by atoms with van der Waals surface area (Å²) in [6.07, 6.45) is 6.74. The van der Waals surface area contributed by atoms with Crippen LogP contribution in [0.25, 0.3) is 0 Å². The van der Waals surface area contributed by atoms with Crippen LogP contribution >= 0.6 is 0 Å². The third-order valence-corrected chi connectivity index (χ3v) is 6.13. The molecule has 3 fully saturated rings. The molecule has 3 atom stereocenters. The fourth-order valence-electron chi connectivity index (χ4n) is 4.57. The average Bonchev–Trinajstić information content (AvgIpc) is 2.75. The molecule has 0 aromatic carbocycles. The van der Waals surface area contributed by atoms with Crippen LogP contribution in [0.1, 0.15) is 44.9 Å². The third kappa shape index (κ3) is 4.39. The zero-order valence-corrected chi connectivity index (χ0v) is 16.5. The van der Waals surface area contributed by atoms with Crippen LogP contribution in [0, 0.1) is 11.8 Å². The Balaban J connectivity index is 1.43. The summed E-state index contributed by atoms with van der Waals surface area (Å²) in [6.45, 7) is 3.66. The quantitative estimate of drug-likeness (QED) is 0.660. The summed E-state index contributed by atoms with van der Waals surface area (Å²) in [5.74, 6) is -0.929. The van der Waals surface area contributed by atoms with E-state index in [1.165, 1.54) is 5.01 Å². The topological polar surface area (TPSA) is 80.7 Å². The highest BCUT2D eigenvalue weighted by atomic mass is 16.7.